The zero-order valence-corrected chi connectivity index (χ0v) is 19.8. The van der Waals surface area contributed by atoms with Crippen molar-refractivity contribution in [3.05, 3.63) is 89.0 Å². The minimum Gasteiger partial charge on any atom is -0.497 e. The van der Waals surface area contributed by atoms with E-state index in [1.807, 2.05) is 42.2 Å². The van der Waals surface area contributed by atoms with Crippen LogP contribution in [0, 0.1) is 6.92 Å². The molecular formula is C28H30N2O4. The predicted molar refractivity (Wildman–Crippen MR) is 133 cm³/mol. The molecule has 2 amide bonds. The monoisotopic (exact) mass is 458 g/mol. The molecule has 0 saturated carbocycles. The third-order valence-corrected chi connectivity index (χ3v) is 6.45. The van der Waals surface area contributed by atoms with Gasteiger partial charge in [0, 0.05) is 24.3 Å². The summed E-state index contributed by atoms with van der Waals surface area (Å²) in [6, 6.07) is 20.7. The minimum absolute atomic E-state index is 0.0130. The molecule has 1 fully saturated rings. The highest BCUT2D eigenvalue weighted by molar-refractivity contribution is 6.07. The maximum atomic E-state index is 13.2. The summed E-state index contributed by atoms with van der Waals surface area (Å²) in [4.78, 5) is 28.0. The predicted octanol–water partition coefficient (Wildman–Crippen LogP) is 5.28. The Balaban J connectivity index is 1.43. The largest absolute Gasteiger partial charge is 0.497 e. The van der Waals surface area contributed by atoms with Crippen LogP contribution in [-0.4, -0.2) is 44.0 Å². The average Bonchev–Trinajstić information content (AvgIpc) is 2.89. The highest BCUT2D eigenvalue weighted by Crippen LogP contribution is 2.30. The van der Waals surface area contributed by atoms with Gasteiger partial charge < -0.3 is 19.7 Å². The van der Waals surface area contributed by atoms with Gasteiger partial charge in [0.15, 0.2) is 0 Å². The Labute approximate surface area is 200 Å². The second-order valence-electron chi connectivity index (χ2n) is 8.52. The molecule has 1 heterocycles. The molecule has 1 aliphatic rings. The van der Waals surface area contributed by atoms with Crippen LogP contribution in [0.5, 0.6) is 11.5 Å². The van der Waals surface area contributed by atoms with Gasteiger partial charge in [0.2, 0.25) is 0 Å². The molecule has 176 valence electrons. The maximum absolute atomic E-state index is 13.2. The van der Waals surface area contributed by atoms with Crippen LogP contribution in [-0.2, 0) is 0 Å². The first kappa shape index (κ1) is 23.4. The van der Waals surface area contributed by atoms with Crippen LogP contribution in [0.3, 0.4) is 0 Å². The Kier molecular flexibility index (Phi) is 7.16. The fourth-order valence-electron chi connectivity index (χ4n) is 4.39. The third kappa shape index (κ3) is 5.06. The van der Waals surface area contributed by atoms with Gasteiger partial charge in [-0.25, -0.2) is 0 Å². The summed E-state index contributed by atoms with van der Waals surface area (Å²) in [6.45, 7) is 3.31. The molecule has 4 rings (SSSR count). The lowest BCUT2D eigenvalue weighted by Gasteiger charge is -2.32. The Hall–Kier alpha value is -3.80. The topological polar surface area (TPSA) is 67.9 Å². The van der Waals surface area contributed by atoms with Crippen molar-refractivity contribution in [2.45, 2.75) is 25.7 Å². The normalized spacial score (nSPS) is 13.9. The molecule has 6 heteroatoms. The van der Waals surface area contributed by atoms with Crippen LogP contribution in [0.15, 0.2) is 66.7 Å². The first-order chi connectivity index (χ1) is 16.5. The van der Waals surface area contributed by atoms with Crippen LogP contribution < -0.4 is 14.8 Å². The first-order valence-corrected chi connectivity index (χ1v) is 11.5. The number of benzene rings is 3. The van der Waals surface area contributed by atoms with Crippen LogP contribution in [0.4, 0.5) is 5.69 Å². The van der Waals surface area contributed by atoms with E-state index in [-0.39, 0.29) is 11.8 Å². The molecule has 1 aliphatic heterocycles. The van der Waals surface area contributed by atoms with Crippen molar-refractivity contribution >= 4 is 17.5 Å². The standard InChI is InChI=1S/C28H30N2O4/c1-19-8-9-22(18-25(19)29-27(31)24-6-4-5-7-26(24)34-3)28(32)30-16-14-21(15-17-30)20-10-12-23(33-2)13-11-20/h4-13,18,21H,14-17H2,1-3H3,(H,29,31). The molecule has 3 aromatic rings. The minimum atomic E-state index is -0.273. The van der Waals surface area contributed by atoms with Gasteiger partial charge >= 0.3 is 0 Å². The van der Waals surface area contributed by atoms with Crippen LogP contribution >= 0.6 is 0 Å². The Bertz CT molecular complexity index is 1170. The number of likely N-dealkylation sites (tertiary alicyclic amines) is 1. The SMILES string of the molecule is COc1ccc(C2CCN(C(=O)c3ccc(C)c(NC(=O)c4ccccc4OC)c3)CC2)cc1. The number of rotatable bonds is 6. The van der Waals surface area contributed by atoms with E-state index in [1.54, 1.807) is 31.4 Å². The number of hydrogen-bond acceptors (Lipinski definition) is 4. The molecule has 0 atom stereocenters. The molecule has 1 N–H and O–H groups in total. The Morgan fingerprint density at radius 3 is 2.29 bits per heavy atom. The molecule has 0 radical (unpaired) electrons. The molecule has 34 heavy (non-hydrogen) atoms. The number of carbonyl (C=O) groups is 2. The van der Waals surface area contributed by atoms with Gasteiger partial charge in [-0.1, -0.05) is 30.3 Å². The van der Waals surface area contributed by atoms with Gasteiger partial charge in [-0.05, 0) is 73.2 Å². The van der Waals surface area contributed by atoms with E-state index in [0.717, 1.165) is 24.2 Å². The number of hydrogen-bond donors (Lipinski definition) is 1. The summed E-state index contributed by atoms with van der Waals surface area (Å²) in [7, 11) is 3.20. The van der Waals surface area contributed by atoms with E-state index >= 15 is 0 Å². The number of amides is 2. The second-order valence-corrected chi connectivity index (χ2v) is 8.52. The first-order valence-electron chi connectivity index (χ1n) is 11.5. The zero-order valence-electron chi connectivity index (χ0n) is 19.8. The molecule has 0 unspecified atom stereocenters. The number of nitrogens with one attached hydrogen (secondary N) is 1. The number of nitrogens with zero attached hydrogens (tertiary/aromatic N) is 1. The van der Waals surface area contributed by atoms with Gasteiger partial charge in [0.1, 0.15) is 11.5 Å². The van der Waals surface area contributed by atoms with Gasteiger partial charge in [-0.3, -0.25) is 9.59 Å². The van der Waals surface area contributed by atoms with E-state index in [1.165, 1.54) is 12.7 Å². The van der Waals surface area contributed by atoms with Crippen molar-refractivity contribution in [2.24, 2.45) is 0 Å². The quantitative estimate of drug-likeness (QED) is 0.545. The number of methoxy groups -OCH3 is 2. The summed E-state index contributed by atoms with van der Waals surface area (Å²) in [6.07, 6.45) is 1.84. The zero-order chi connectivity index (χ0) is 24.1. The summed E-state index contributed by atoms with van der Waals surface area (Å²) in [5, 5.41) is 2.94. The van der Waals surface area contributed by atoms with Crippen molar-refractivity contribution in [3.63, 3.8) is 0 Å². The van der Waals surface area contributed by atoms with E-state index < -0.39 is 0 Å². The van der Waals surface area contributed by atoms with Crippen molar-refractivity contribution in [3.8, 4) is 11.5 Å². The molecule has 0 aliphatic carbocycles. The van der Waals surface area contributed by atoms with Crippen molar-refractivity contribution in [1.29, 1.82) is 0 Å². The molecule has 0 bridgehead atoms. The van der Waals surface area contributed by atoms with E-state index in [9.17, 15) is 9.59 Å². The molecule has 3 aromatic carbocycles. The molecule has 1 saturated heterocycles. The van der Waals surface area contributed by atoms with E-state index in [4.69, 9.17) is 9.47 Å². The molecule has 6 nitrogen and oxygen atoms in total. The maximum Gasteiger partial charge on any atom is 0.259 e. The van der Waals surface area contributed by atoms with Crippen LogP contribution in [0.25, 0.3) is 0 Å². The fraction of sp³-hybridized carbons (Fsp3) is 0.286. The van der Waals surface area contributed by atoms with Gasteiger partial charge in [-0.15, -0.1) is 0 Å². The summed E-state index contributed by atoms with van der Waals surface area (Å²) in [5.41, 5.74) is 3.81. The number of anilines is 1. The molecular weight excluding hydrogens is 428 g/mol. The molecule has 0 aromatic heterocycles. The molecule has 0 spiro atoms. The van der Waals surface area contributed by atoms with Crippen LogP contribution in [0.1, 0.15) is 50.6 Å². The highest BCUT2D eigenvalue weighted by atomic mass is 16.5. The van der Waals surface area contributed by atoms with Crippen molar-refractivity contribution in [1.82, 2.24) is 4.90 Å². The average molecular weight is 459 g/mol. The van der Waals surface area contributed by atoms with Gasteiger partial charge in [0.05, 0.1) is 19.8 Å². The van der Waals surface area contributed by atoms with Crippen molar-refractivity contribution in [2.75, 3.05) is 32.6 Å². The van der Waals surface area contributed by atoms with Crippen LogP contribution in [0.2, 0.25) is 0 Å². The second kappa shape index (κ2) is 10.4. The number of ether oxygens (including phenoxy) is 2. The third-order valence-electron chi connectivity index (χ3n) is 6.45. The van der Waals surface area contributed by atoms with Gasteiger partial charge in [0.25, 0.3) is 11.8 Å². The number of aryl methyl sites for hydroxylation is 1. The van der Waals surface area contributed by atoms with E-state index in [0.29, 0.717) is 41.6 Å². The number of para-hydroxylation sites is 1. The van der Waals surface area contributed by atoms with Crippen molar-refractivity contribution < 1.29 is 19.1 Å². The lowest BCUT2D eigenvalue weighted by molar-refractivity contribution is 0.0712. The Morgan fingerprint density at radius 1 is 0.912 bits per heavy atom. The lowest BCUT2D eigenvalue weighted by Crippen LogP contribution is -2.38. The highest BCUT2D eigenvalue weighted by Gasteiger charge is 2.25. The number of piperidine rings is 1. The summed E-state index contributed by atoms with van der Waals surface area (Å²) in [5.74, 6) is 1.50. The van der Waals surface area contributed by atoms with Gasteiger partial charge in [-0.2, -0.15) is 0 Å². The summed E-state index contributed by atoms with van der Waals surface area (Å²) >= 11 is 0. The Morgan fingerprint density at radius 2 is 1.62 bits per heavy atom. The lowest BCUT2D eigenvalue weighted by atomic mass is 9.89. The fourth-order valence-corrected chi connectivity index (χ4v) is 4.39. The smallest absolute Gasteiger partial charge is 0.259 e. The number of carbonyl (C=O) groups excluding carboxylic acids is 2. The summed E-state index contributed by atoms with van der Waals surface area (Å²) < 4.78 is 10.5. The van der Waals surface area contributed by atoms with E-state index in [2.05, 4.69) is 17.4 Å².